The van der Waals surface area contributed by atoms with Crippen LogP contribution in [0.25, 0.3) is 11.4 Å². The van der Waals surface area contributed by atoms with Gasteiger partial charge in [-0.2, -0.15) is 0 Å². The highest BCUT2D eigenvalue weighted by molar-refractivity contribution is 6.30. The molecule has 3 aromatic heterocycles. The molecule has 44 heavy (non-hydrogen) atoms. The SMILES string of the molecule is CCOc1cccc(-c2cc(N3C[C@@H](Oc4ncc(Cl)cc4N4CCOC5(COC5)[C@@H]4C)C[C@H]3C(=O)O)nc(C(F)F)n2)n1. The van der Waals surface area contributed by atoms with E-state index in [2.05, 4.69) is 24.8 Å². The summed E-state index contributed by atoms with van der Waals surface area (Å²) in [6, 6.07) is 6.95. The van der Waals surface area contributed by atoms with Crippen molar-refractivity contribution in [1.29, 1.82) is 0 Å². The van der Waals surface area contributed by atoms with Gasteiger partial charge in [0.15, 0.2) is 5.82 Å². The first kappa shape index (κ1) is 30.2. The number of carboxylic acid groups (broad SMARTS) is 1. The fraction of sp³-hybridized carbons (Fsp3) is 0.483. The van der Waals surface area contributed by atoms with Gasteiger partial charge in [-0.1, -0.05) is 17.7 Å². The number of halogens is 3. The number of nitrogens with zero attached hydrogens (tertiary/aromatic N) is 6. The Morgan fingerprint density at radius 2 is 2.02 bits per heavy atom. The number of rotatable bonds is 9. The van der Waals surface area contributed by atoms with E-state index in [0.717, 1.165) is 0 Å². The molecule has 3 aromatic rings. The van der Waals surface area contributed by atoms with E-state index in [1.807, 2.05) is 6.92 Å². The van der Waals surface area contributed by atoms with Crippen LogP contribution in [0.5, 0.6) is 11.8 Å². The first-order valence-electron chi connectivity index (χ1n) is 14.2. The highest BCUT2D eigenvalue weighted by atomic mass is 35.5. The number of hydrogen-bond acceptors (Lipinski definition) is 11. The van der Waals surface area contributed by atoms with Gasteiger partial charge < -0.3 is 33.9 Å². The molecule has 0 radical (unpaired) electrons. The third-order valence-corrected chi connectivity index (χ3v) is 8.28. The molecule has 6 rings (SSSR count). The van der Waals surface area contributed by atoms with Crippen molar-refractivity contribution >= 4 is 29.1 Å². The minimum absolute atomic E-state index is 0.0189. The van der Waals surface area contributed by atoms with Crippen molar-refractivity contribution in [2.75, 3.05) is 49.3 Å². The average molecular weight is 633 g/mol. The normalized spacial score (nSPS) is 22.7. The maximum atomic E-state index is 13.9. The maximum Gasteiger partial charge on any atom is 0.326 e. The van der Waals surface area contributed by atoms with E-state index in [9.17, 15) is 18.7 Å². The quantitative estimate of drug-likeness (QED) is 0.365. The first-order valence-corrected chi connectivity index (χ1v) is 14.6. The molecule has 0 amide bonds. The Bertz CT molecular complexity index is 1530. The molecule has 0 aliphatic carbocycles. The fourth-order valence-corrected chi connectivity index (χ4v) is 5.91. The summed E-state index contributed by atoms with van der Waals surface area (Å²) in [5.74, 6) is -1.29. The van der Waals surface area contributed by atoms with Crippen LogP contribution in [0.15, 0.2) is 36.5 Å². The zero-order valence-electron chi connectivity index (χ0n) is 24.0. The number of carbonyl (C=O) groups is 1. The third-order valence-electron chi connectivity index (χ3n) is 8.08. The number of carboxylic acids is 1. The molecule has 3 saturated heterocycles. The number of pyridine rings is 2. The second-order valence-electron chi connectivity index (χ2n) is 10.8. The number of hydrogen-bond donors (Lipinski definition) is 1. The highest BCUT2D eigenvalue weighted by Crippen LogP contribution is 2.40. The van der Waals surface area contributed by atoms with E-state index < -0.39 is 36.0 Å². The molecule has 1 N–H and O–H groups in total. The molecule has 1 spiro atoms. The summed E-state index contributed by atoms with van der Waals surface area (Å²) in [6.45, 7) is 6.23. The van der Waals surface area contributed by atoms with E-state index in [1.165, 1.54) is 17.2 Å². The van der Waals surface area contributed by atoms with Crippen molar-refractivity contribution in [3.63, 3.8) is 0 Å². The Hall–Kier alpha value is -3.88. The summed E-state index contributed by atoms with van der Waals surface area (Å²) in [5, 5.41) is 10.5. The summed E-state index contributed by atoms with van der Waals surface area (Å²) < 4.78 is 51.2. The standard InChI is InChI=1S/C29H31ClF2N6O6/c1-3-42-24-6-4-5-19(34-24)20-11-23(36-26(35-20)25(31)32)38-13-18(10-22(38)28(39)40)44-27-21(9-17(30)12-33-27)37-7-8-43-29(16(37)2)14-41-15-29/h4-6,9,11-12,16,18,22,25H,3,7-8,10,13-15H2,1-2H3,(H,39,40)/t16-,18-,22-/m0/s1. The van der Waals surface area contributed by atoms with Crippen molar-refractivity contribution in [2.45, 2.75) is 50.5 Å². The van der Waals surface area contributed by atoms with Gasteiger partial charge in [-0.05, 0) is 26.0 Å². The van der Waals surface area contributed by atoms with Crippen molar-refractivity contribution < 1.29 is 37.6 Å². The number of aliphatic carboxylic acids is 1. The van der Waals surface area contributed by atoms with Crippen molar-refractivity contribution in [3.8, 4) is 23.1 Å². The van der Waals surface area contributed by atoms with Crippen LogP contribution >= 0.6 is 11.6 Å². The third kappa shape index (κ3) is 5.81. The van der Waals surface area contributed by atoms with E-state index >= 15 is 0 Å². The van der Waals surface area contributed by atoms with E-state index in [-0.39, 0.29) is 42.1 Å². The molecule has 3 aliphatic rings. The van der Waals surface area contributed by atoms with Gasteiger partial charge in [-0.3, -0.25) is 0 Å². The molecule has 3 aliphatic heterocycles. The zero-order chi connectivity index (χ0) is 31.0. The lowest BCUT2D eigenvalue weighted by Gasteiger charge is -2.53. The van der Waals surface area contributed by atoms with Gasteiger partial charge in [0, 0.05) is 31.3 Å². The number of morpholine rings is 1. The van der Waals surface area contributed by atoms with Crippen LogP contribution < -0.4 is 19.3 Å². The second-order valence-corrected chi connectivity index (χ2v) is 11.2. The van der Waals surface area contributed by atoms with Crippen LogP contribution in [0.4, 0.5) is 20.3 Å². The summed E-state index contributed by atoms with van der Waals surface area (Å²) in [6.07, 6.45) is -2.14. The lowest BCUT2D eigenvalue weighted by atomic mass is 9.90. The lowest BCUT2D eigenvalue weighted by molar-refractivity contribution is -0.228. The summed E-state index contributed by atoms with van der Waals surface area (Å²) in [5.41, 5.74) is 0.594. The first-order chi connectivity index (χ1) is 21.2. The Morgan fingerprint density at radius 3 is 2.73 bits per heavy atom. The van der Waals surface area contributed by atoms with Crippen LogP contribution in [0.2, 0.25) is 5.02 Å². The summed E-state index contributed by atoms with van der Waals surface area (Å²) in [4.78, 5) is 32.8. The molecule has 234 valence electrons. The molecule has 3 atom stereocenters. The minimum Gasteiger partial charge on any atom is -0.480 e. The van der Waals surface area contributed by atoms with Crippen LogP contribution in [-0.2, 0) is 14.3 Å². The van der Waals surface area contributed by atoms with Gasteiger partial charge in [-0.25, -0.2) is 33.5 Å². The number of anilines is 2. The number of ether oxygens (including phenoxy) is 4. The summed E-state index contributed by atoms with van der Waals surface area (Å²) in [7, 11) is 0. The maximum absolute atomic E-state index is 13.9. The van der Waals surface area contributed by atoms with Gasteiger partial charge in [-0.15, -0.1) is 0 Å². The van der Waals surface area contributed by atoms with Crippen LogP contribution in [0, 0.1) is 0 Å². The molecular weight excluding hydrogens is 602 g/mol. The summed E-state index contributed by atoms with van der Waals surface area (Å²) >= 11 is 6.35. The van der Waals surface area contributed by atoms with E-state index in [1.54, 1.807) is 31.2 Å². The highest BCUT2D eigenvalue weighted by Gasteiger charge is 2.50. The number of alkyl halides is 2. The Balaban J connectivity index is 1.30. The van der Waals surface area contributed by atoms with Gasteiger partial charge in [0.05, 0.1) is 55.4 Å². The predicted octanol–water partition coefficient (Wildman–Crippen LogP) is 4.03. The van der Waals surface area contributed by atoms with Crippen molar-refractivity contribution in [3.05, 3.63) is 47.4 Å². The van der Waals surface area contributed by atoms with Gasteiger partial charge in [0.25, 0.3) is 6.43 Å². The monoisotopic (exact) mass is 632 g/mol. The molecule has 3 fully saturated rings. The van der Waals surface area contributed by atoms with E-state index in [0.29, 0.717) is 49.6 Å². The van der Waals surface area contributed by atoms with Crippen molar-refractivity contribution in [2.24, 2.45) is 0 Å². The molecular formula is C29H31ClF2N6O6. The van der Waals surface area contributed by atoms with Crippen LogP contribution in [0.3, 0.4) is 0 Å². The predicted molar refractivity (Wildman–Crippen MR) is 155 cm³/mol. The zero-order valence-corrected chi connectivity index (χ0v) is 24.8. The largest absolute Gasteiger partial charge is 0.480 e. The fourth-order valence-electron chi connectivity index (χ4n) is 5.76. The number of aromatic nitrogens is 4. The topological polar surface area (TPSA) is 132 Å². The average Bonchev–Trinajstić information content (AvgIpc) is 3.42. The molecule has 0 saturated carbocycles. The lowest BCUT2D eigenvalue weighted by Crippen LogP contribution is -2.68. The Kier molecular flexibility index (Phi) is 8.40. The molecule has 0 aromatic carbocycles. The molecule has 0 unspecified atom stereocenters. The smallest absolute Gasteiger partial charge is 0.326 e. The molecule has 6 heterocycles. The van der Waals surface area contributed by atoms with E-state index in [4.69, 9.17) is 30.5 Å². The van der Waals surface area contributed by atoms with Gasteiger partial charge >= 0.3 is 5.97 Å². The Morgan fingerprint density at radius 1 is 1.20 bits per heavy atom. The molecule has 12 nitrogen and oxygen atoms in total. The molecule has 15 heteroatoms. The van der Waals surface area contributed by atoms with Gasteiger partial charge in [0.1, 0.15) is 29.3 Å². The van der Waals surface area contributed by atoms with Crippen LogP contribution in [-0.4, -0.2) is 94.3 Å². The van der Waals surface area contributed by atoms with Crippen molar-refractivity contribution in [1.82, 2.24) is 19.9 Å². The van der Waals surface area contributed by atoms with Gasteiger partial charge in [0.2, 0.25) is 11.8 Å². The Labute approximate surface area is 256 Å². The van der Waals surface area contributed by atoms with Crippen LogP contribution in [0.1, 0.15) is 32.5 Å². The second kappa shape index (κ2) is 12.3. The minimum atomic E-state index is -3.00. The molecule has 0 bridgehead atoms.